The predicted molar refractivity (Wildman–Crippen MR) is 531 cm³/mol. The number of hydrogen-bond acceptors (Lipinski definition) is 0. The molecule has 0 aliphatic rings. The Bertz CT molecular complexity index is 1400. The van der Waals surface area contributed by atoms with Gasteiger partial charge in [-0.15, -0.1) is 0 Å². The quantitative estimate of drug-likeness (QED) is 0.0533. The molecule has 0 aliphatic carbocycles. The van der Waals surface area contributed by atoms with E-state index in [1.54, 1.807) is 0 Å². The van der Waals surface area contributed by atoms with E-state index in [0.29, 0.717) is 0 Å². The van der Waals surface area contributed by atoms with E-state index < -0.39 is 0 Å². The Labute approximate surface area is 721 Å². The standard InChI is InChI=1S/C19H40.C18H38.C17H36.C16H34.C15H32.C14H30.C13H28/c1-4-5-6-7-8-9-10-11-12-13-14-15-16-17-18-19(2)3;1-4-5-6-7-8-9-10-11-12-13-14-15-16-17-18(2)3;1-4-5-6-7-8-9-10-11-12-13-14-15-16-17(2)3;1-4-5-6-7-8-9-10-11-12-13-14-15-16(2)3;1-4-5-6-7-8-9-10-11-12-13-14-15(2)3;1-4-5-6-7-8-9-10-11-12-13-14(2)3;1-4-5-6-7-8-9-10-11-12-13(2)3/h19H,4-18H2,1-3H3;18H,4-17H2,1-3H3;17H,4-16H2,1-3H3;16H,4-15H2,1-3H3;15H,4-14H2,1-3H3;14H,4-13H2,1-3H3;13H,4-12H2,1-3H3. The Morgan fingerprint density at radius 3 is 0.188 bits per heavy atom. The van der Waals surface area contributed by atoms with Crippen LogP contribution < -0.4 is 0 Å². The Morgan fingerprint density at radius 2 is 0.134 bits per heavy atom. The molecular weight excluding hydrogens is 1350 g/mol. The van der Waals surface area contributed by atoms with E-state index in [-0.39, 0.29) is 0 Å². The van der Waals surface area contributed by atoms with Crippen LogP contribution in [-0.2, 0) is 0 Å². The monoisotopic (exact) mass is 1580 g/mol. The van der Waals surface area contributed by atoms with Gasteiger partial charge in [-0.3, -0.25) is 0 Å². The van der Waals surface area contributed by atoms with Gasteiger partial charge in [-0.05, 0) is 41.4 Å². The molecule has 112 heavy (non-hydrogen) atoms. The molecule has 0 aliphatic heterocycles. The van der Waals surface area contributed by atoms with Gasteiger partial charge in [-0.2, -0.15) is 0 Å². The molecule has 0 N–H and O–H groups in total. The first kappa shape index (κ1) is 125. The predicted octanol–water partition coefficient (Wildman–Crippen LogP) is 44.4. The molecule has 0 heteroatoms. The second-order valence-electron chi connectivity index (χ2n) is 40.0. The Hall–Kier alpha value is 0. The summed E-state index contributed by atoms with van der Waals surface area (Å²) >= 11 is 0. The zero-order chi connectivity index (χ0) is 84.4. The van der Waals surface area contributed by atoms with E-state index in [1.165, 1.54) is 539 Å². The molecule has 0 amide bonds. The van der Waals surface area contributed by atoms with Gasteiger partial charge in [-0.25, -0.2) is 0 Å². The molecule has 0 aromatic rings. The molecule has 0 rings (SSSR count). The fourth-order valence-corrected chi connectivity index (χ4v) is 15.5. The van der Waals surface area contributed by atoms with Crippen molar-refractivity contribution in [3.05, 3.63) is 0 Å². The molecule has 0 aromatic carbocycles. The first-order valence-electron chi connectivity index (χ1n) is 54.4. The zero-order valence-electron chi connectivity index (χ0n) is 84.4. The summed E-state index contributed by atoms with van der Waals surface area (Å²) in [6.07, 6.45) is 122. The van der Waals surface area contributed by atoms with Gasteiger partial charge in [0.2, 0.25) is 0 Å². The third kappa shape index (κ3) is 158. The number of hydrogen-bond donors (Lipinski definition) is 0. The lowest BCUT2D eigenvalue weighted by atomic mass is 10.0. The van der Waals surface area contributed by atoms with Gasteiger partial charge in [0.25, 0.3) is 0 Å². The van der Waals surface area contributed by atoms with Crippen molar-refractivity contribution < 1.29 is 0 Å². The van der Waals surface area contributed by atoms with E-state index in [9.17, 15) is 0 Å². The fraction of sp³-hybridized carbons (Fsp3) is 1.00. The molecular formula is C112H238. The van der Waals surface area contributed by atoms with Crippen molar-refractivity contribution in [2.45, 2.75) is 685 Å². The molecule has 0 heterocycles. The van der Waals surface area contributed by atoms with Gasteiger partial charge in [0.05, 0.1) is 0 Å². The van der Waals surface area contributed by atoms with E-state index in [4.69, 9.17) is 0 Å². The van der Waals surface area contributed by atoms with Crippen molar-refractivity contribution in [1.29, 1.82) is 0 Å². The van der Waals surface area contributed by atoms with Crippen LogP contribution in [0.2, 0.25) is 0 Å². The molecule has 0 spiro atoms. The van der Waals surface area contributed by atoms with Gasteiger partial charge in [0.1, 0.15) is 0 Å². The first-order valence-corrected chi connectivity index (χ1v) is 54.4. The summed E-state index contributed by atoms with van der Waals surface area (Å²) in [4.78, 5) is 0. The summed E-state index contributed by atoms with van der Waals surface area (Å²) in [6.45, 7) is 48.6. The topological polar surface area (TPSA) is 0 Å². The molecule has 0 aromatic heterocycles. The van der Waals surface area contributed by atoms with Crippen LogP contribution in [0, 0.1) is 41.4 Å². The summed E-state index contributed by atoms with van der Waals surface area (Å²) in [7, 11) is 0. The largest absolute Gasteiger partial charge is 0.0654 e. The summed E-state index contributed by atoms with van der Waals surface area (Å²) in [5, 5.41) is 0. The van der Waals surface area contributed by atoms with Crippen LogP contribution in [0.25, 0.3) is 0 Å². The minimum atomic E-state index is 0.900. The normalized spacial score (nSPS) is 11.2. The van der Waals surface area contributed by atoms with Crippen molar-refractivity contribution in [2.75, 3.05) is 0 Å². The van der Waals surface area contributed by atoms with Crippen molar-refractivity contribution in [3.8, 4) is 0 Å². The summed E-state index contributed by atoms with van der Waals surface area (Å²) < 4.78 is 0. The summed E-state index contributed by atoms with van der Waals surface area (Å²) in [5.41, 5.74) is 0. The molecule has 0 bridgehead atoms. The Kier molecular flexibility index (Phi) is 136. The van der Waals surface area contributed by atoms with Gasteiger partial charge < -0.3 is 0 Å². The SMILES string of the molecule is CCCCCCCCCCC(C)C.CCCCCCCCCCCC(C)C.CCCCCCCCCCCCC(C)C.CCCCCCCCCCCCCC(C)C.CCCCCCCCCCCCCCC(C)C.CCCCCCCCCCCCCCCC(C)C.CCCCCCCCCCCCCCCCC(C)C. The number of unbranched alkanes of at least 4 members (excludes halogenated alkanes) is 70. The molecule has 0 nitrogen and oxygen atoms in total. The maximum Gasteiger partial charge on any atom is -0.0471 e. The molecule has 0 atom stereocenters. The van der Waals surface area contributed by atoms with E-state index in [1.807, 2.05) is 0 Å². The second kappa shape index (κ2) is 122. The van der Waals surface area contributed by atoms with Crippen molar-refractivity contribution >= 4 is 0 Å². The van der Waals surface area contributed by atoms with Crippen molar-refractivity contribution in [3.63, 3.8) is 0 Å². The highest BCUT2D eigenvalue weighted by Crippen LogP contribution is 2.22. The van der Waals surface area contributed by atoms with Gasteiger partial charge in [0, 0.05) is 0 Å². The van der Waals surface area contributed by atoms with Crippen LogP contribution in [0.4, 0.5) is 0 Å². The molecule has 0 radical (unpaired) electrons. The lowest BCUT2D eigenvalue weighted by molar-refractivity contribution is 0.502. The van der Waals surface area contributed by atoms with Crippen LogP contribution >= 0.6 is 0 Å². The lowest BCUT2D eigenvalue weighted by Crippen LogP contribution is -1.87. The van der Waals surface area contributed by atoms with Gasteiger partial charge >= 0.3 is 0 Å². The highest BCUT2D eigenvalue weighted by atomic mass is 14.1. The maximum atomic E-state index is 2.34. The van der Waals surface area contributed by atoms with E-state index in [2.05, 4.69) is 145 Å². The second-order valence-corrected chi connectivity index (χ2v) is 40.0. The van der Waals surface area contributed by atoms with Crippen LogP contribution in [0.15, 0.2) is 0 Å². The van der Waals surface area contributed by atoms with Crippen LogP contribution in [-0.4, -0.2) is 0 Å². The van der Waals surface area contributed by atoms with Crippen molar-refractivity contribution in [2.24, 2.45) is 41.4 Å². The fourth-order valence-electron chi connectivity index (χ4n) is 15.5. The molecule has 0 fully saturated rings. The highest BCUT2D eigenvalue weighted by molar-refractivity contribution is 4.58. The van der Waals surface area contributed by atoms with Gasteiger partial charge in [-0.1, -0.05) is 685 Å². The zero-order valence-corrected chi connectivity index (χ0v) is 84.4. The number of rotatable bonds is 84. The summed E-state index contributed by atoms with van der Waals surface area (Å²) in [5.74, 6) is 6.31. The average Bonchev–Trinajstić information content (AvgIpc) is 2.46. The molecule has 686 valence electrons. The average molecular weight is 1590 g/mol. The van der Waals surface area contributed by atoms with Crippen LogP contribution in [0.1, 0.15) is 685 Å². The highest BCUT2D eigenvalue weighted by Gasteiger charge is 2.03. The molecule has 0 saturated carbocycles. The summed E-state index contributed by atoms with van der Waals surface area (Å²) in [6, 6.07) is 0. The third-order valence-corrected chi connectivity index (χ3v) is 23.7. The van der Waals surface area contributed by atoms with Crippen LogP contribution in [0.5, 0.6) is 0 Å². The minimum Gasteiger partial charge on any atom is -0.0654 e. The smallest absolute Gasteiger partial charge is 0.0471 e. The third-order valence-electron chi connectivity index (χ3n) is 23.7. The Morgan fingerprint density at radius 1 is 0.0804 bits per heavy atom. The van der Waals surface area contributed by atoms with Crippen LogP contribution in [0.3, 0.4) is 0 Å². The van der Waals surface area contributed by atoms with E-state index in [0.717, 1.165) is 41.4 Å². The van der Waals surface area contributed by atoms with Gasteiger partial charge in [0.15, 0.2) is 0 Å². The molecule has 0 unspecified atom stereocenters. The minimum absolute atomic E-state index is 0.900. The molecule has 0 saturated heterocycles. The van der Waals surface area contributed by atoms with E-state index >= 15 is 0 Å². The Balaban J connectivity index is -0.000000230. The maximum absolute atomic E-state index is 2.34. The first-order chi connectivity index (χ1) is 54.4. The van der Waals surface area contributed by atoms with Crippen molar-refractivity contribution in [1.82, 2.24) is 0 Å². The lowest BCUT2D eigenvalue weighted by Gasteiger charge is -2.04.